The number of hydrogen-bond acceptors (Lipinski definition) is 4. The molecule has 0 saturated heterocycles. The van der Waals surface area contributed by atoms with Crippen molar-refractivity contribution in [3.63, 3.8) is 0 Å². The zero-order chi connectivity index (χ0) is 12.1. The molecule has 5 heteroatoms. The molecule has 1 atom stereocenters. The third-order valence-electron chi connectivity index (χ3n) is 2.24. The lowest BCUT2D eigenvalue weighted by Gasteiger charge is -2.14. The highest BCUT2D eigenvalue weighted by atomic mass is 19.1. The topological polar surface area (TPSA) is 58.9 Å². The minimum atomic E-state index is -0.917. The highest BCUT2D eigenvalue weighted by molar-refractivity contribution is 5.44. The van der Waals surface area contributed by atoms with Gasteiger partial charge in [0.05, 0.1) is 20.3 Å². The highest BCUT2D eigenvalue weighted by Crippen LogP contribution is 2.33. The van der Waals surface area contributed by atoms with Gasteiger partial charge in [0.25, 0.3) is 0 Å². The Morgan fingerprint density at radius 1 is 1.31 bits per heavy atom. The number of benzene rings is 1. The van der Waals surface area contributed by atoms with Crippen molar-refractivity contribution in [3.8, 4) is 11.5 Å². The first-order valence-electron chi connectivity index (χ1n) is 4.84. The van der Waals surface area contributed by atoms with E-state index in [4.69, 9.17) is 14.6 Å². The Kier molecular flexibility index (Phi) is 4.52. The Bertz CT molecular complexity index is 354. The van der Waals surface area contributed by atoms with Crippen molar-refractivity contribution in [1.29, 1.82) is 0 Å². The summed E-state index contributed by atoms with van der Waals surface area (Å²) in [7, 11) is 2.73. The van der Waals surface area contributed by atoms with Crippen molar-refractivity contribution >= 4 is 0 Å². The molecule has 1 aromatic rings. The fourth-order valence-corrected chi connectivity index (χ4v) is 1.42. The molecule has 0 fully saturated rings. The van der Waals surface area contributed by atoms with Crippen LogP contribution >= 0.6 is 0 Å². The van der Waals surface area contributed by atoms with Crippen LogP contribution in [-0.2, 0) is 0 Å². The standard InChI is InChI=1S/C11H15FO4/c1-15-10-6-7(9(14)3-4-13)5-8(12)11(10)16-2/h5-6,9,13-14H,3-4H2,1-2H3. The highest BCUT2D eigenvalue weighted by Gasteiger charge is 2.16. The Morgan fingerprint density at radius 3 is 2.50 bits per heavy atom. The summed E-state index contributed by atoms with van der Waals surface area (Å²) in [4.78, 5) is 0. The predicted molar refractivity (Wildman–Crippen MR) is 56.2 cm³/mol. The van der Waals surface area contributed by atoms with Crippen LogP contribution in [0.15, 0.2) is 12.1 Å². The summed E-state index contributed by atoms with van der Waals surface area (Å²) in [5, 5.41) is 18.3. The zero-order valence-electron chi connectivity index (χ0n) is 9.24. The molecule has 0 saturated carbocycles. The summed E-state index contributed by atoms with van der Waals surface area (Å²) in [6, 6.07) is 2.66. The maximum Gasteiger partial charge on any atom is 0.196 e. The van der Waals surface area contributed by atoms with Crippen molar-refractivity contribution in [2.24, 2.45) is 0 Å². The molecule has 1 aromatic carbocycles. The van der Waals surface area contributed by atoms with Crippen LogP contribution in [0.1, 0.15) is 18.1 Å². The van der Waals surface area contributed by atoms with Gasteiger partial charge in [-0.1, -0.05) is 0 Å². The van der Waals surface area contributed by atoms with Crippen molar-refractivity contribution in [2.45, 2.75) is 12.5 Å². The van der Waals surface area contributed by atoms with E-state index in [1.807, 2.05) is 0 Å². The molecule has 0 heterocycles. The van der Waals surface area contributed by atoms with E-state index in [0.717, 1.165) is 0 Å². The molecular formula is C11H15FO4. The van der Waals surface area contributed by atoms with E-state index in [-0.39, 0.29) is 24.5 Å². The third kappa shape index (κ3) is 2.62. The van der Waals surface area contributed by atoms with Crippen LogP contribution in [0.2, 0.25) is 0 Å². The fraction of sp³-hybridized carbons (Fsp3) is 0.455. The van der Waals surface area contributed by atoms with Crippen LogP contribution in [0.5, 0.6) is 11.5 Å². The van der Waals surface area contributed by atoms with Gasteiger partial charge in [0.15, 0.2) is 17.3 Å². The van der Waals surface area contributed by atoms with E-state index in [0.29, 0.717) is 5.56 Å². The second-order valence-electron chi connectivity index (χ2n) is 3.27. The van der Waals surface area contributed by atoms with E-state index in [1.54, 1.807) is 0 Å². The Morgan fingerprint density at radius 2 is 2.00 bits per heavy atom. The van der Waals surface area contributed by atoms with E-state index in [9.17, 15) is 9.50 Å². The number of methoxy groups -OCH3 is 2. The zero-order valence-corrected chi connectivity index (χ0v) is 9.24. The lowest BCUT2D eigenvalue weighted by atomic mass is 10.1. The second-order valence-corrected chi connectivity index (χ2v) is 3.27. The van der Waals surface area contributed by atoms with Crippen molar-refractivity contribution in [2.75, 3.05) is 20.8 Å². The molecule has 1 rings (SSSR count). The predicted octanol–water partition coefficient (Wildman–Crippen LogP) is 1.26. The van der Waals surface area contributed by atoms with E-state index < -0.39 is 11.9 Å². The normalized spacial score (nSPS) is 12.3. The monoisotopic (exact) mass is 230 g/mol. The quantitative estimate of drug-likeness (QED) is 0.799. The van der Waals surface area contributed by atoms with Gasteiger partial charge in [-0.3, -0.25) is 0 Å². The molecule has 0 aromatic heterocycles. The first-order chi connectivity index (χ1) is 7.63. The van der Waals surface area contributed by atoms with Gasteiger partial charge in [0.2, 0.25) is 0 Å². The Balaban J connectivity index is 3.09. The average molecular weight is 230 g/mol. The fourth-order valence-electron chi connectivity index (χ4n) is 1.42. The number of ether oxygens (including phenoxy) is 2. The van der Waals surface area contributed by atoms with E-state index >= 15 is 0 Å². The molecule has 0 radical (unpaired) electrons. The number of aliphatic hydroxyl groups is 2. The molecule has 0 aliphatic rings. The molecule has 0 aliphatic carbocycles. The van der Waals surface area contributed by atoms with Crippen LogP contribution in [-0.4, -0.2) is 31.0 Å². The summed E-state index contributed by atoms with van der Waals surface area (Å²) in [6.07, 6.45) is -0.770. The van der Waals surface area contributed by atoms with Crippen molar-refractivity contribution < 1.29 is 24.1 Å². The number of hydrogen-bond donors (Lipinski definition) is 2. The Labute approximate surface area is 93.2 Å². The van der Waals surface area contributed by atoms with Crippen LogP contribution in [0.3, 0.4) is 0 Å². The second kappa shape index (κ2) is 5.67. The minimum Gasteiger partial charge on any atom is -0.493 e. The summed E-state index contributed by atoms with van der Waals surface area (Å²) in [5.74, 6) is -0.384. The smallest absolute Gasteiger partial charge is 0.196 e. The van der Waals surface area contributed by atoms with Gasteiger partial charge in [-0.2, -0.15) is 0 Å². The molecular weight excluding hydrogens is 215 g/mol. The van der Waals surface area contributed by atoms with Gasteiger partial charge >= 0.3 is 0 Å². The van der Waals surface area contributed by atoms with Gasteiger partial charge in [0.1, 0.15) is 0 Å². The molecule has 0 aliphatic heterocycles. The number of aliphatic hydroxyl groups excluding tert-OH is 2. The number of rotatable bonds is 5. The van der Waals surface area contributed by atoms with Gasteiger partial charge in [-0.05, 0) is 17.7 Å². The first-order valence-corrected chi connectivity index (χ1v) is 4.84. The Hall–Kier alpha value is -1.33. The summed E-state index contributed by atoms with van der Waals surface area (Å²) >= 11 is 0. The van der Waals surface area contributed by atoms with Crippen molar-refractivity contribution in [1.82, 2.24) is 0 Å². The largest absolute Gasteiger partial charge is 0.493 e. The molecule has 2 N–H and O–H groups in total. The molecule has 4 nitrogen and oxygen atoms in total. The lowest BCUT2D eigenvalue weighted by Crippen LogP contribution is -2.03. The van der Waals surface area contributed by atoms with Crippen molar-refractivity contribution in [3.05, 3.63) is 23.5 Å². The first kappa shape index (κ1) is 12.7. The van der Waals surface area contributed by atoms with Crippen LogP contribution in [0.25, 0.3) is 0 Å². The van der Waals surface area contributed by atoms with E-state index in [1.165, 1.54) is 26.4 Å². The van der Waals surface area contributed by atoms with Gasteiger partial charge in [-0.25, -0.2) is 4.39 Å². The third-order valence-corrected chi connectivity index (χ3v) is 2.24. The van der Waals surface area contributed by atoms with Gasteiger partial charge in [0, 0.05) is 13.0 Å². The van der Waals surface area contributed by atoms with Gasteiger partial charge < -0.3 is 19.7 Å². The van der Waals surface area contributed by atoms with Crippen LogP contribution in [0.4, 0.5) is 4.39 Å². The maximum atomic E-state index is 13.5. The molecule has 0 spiro atoms. The molecule has 1 unspecified atom stereocenters. The maximum absolute atomic E-state index is 13.5. The summed E-state index contributed by atoms with van der Waals surface area (Å²) in [5.41, 5.74) is 0.351. The van der Waals surface area contributed by atoms with Gasteiger partial charge in [-0.15, -0.1) is 0 Å². The van der Waals surface area contributed by atoms with Crippen LogP contribution < -0.4 is 9.47 Å². The lowest BCUT2D eigenvalue weighted by molar-refractivity contribution is 0.133. The summed E-state index contributed by atoms with van der Waals surface area (Å²) in [6.45, 7) is -0.170. The number of halogens is 1. The molecule has 90 valence electrons. The van der Waals surface area contributed by atoms with E-state index in [2.05, 4.69) is 0 Å². The molecule has 0 amide bonds. The molecule has 0 bridgehead atoms. The average Bonchev–Trinajstić information content (AvgIpc) is 2.28. The van der Waals surface area contributed by atoms with Crippen LogP contribution in [0, 0.1) is 5.82 Å². The molecule has 16 heavy (non-hydrogen) atoms. The minimum absolute atomic E-state index is 0.00227. The summed E-state index contributed by atoms with van der Waals surface area (Å²) < 4.78 is 23.3. The SMILES string of the molecule is COc1cc(C(O)CCO)cc(F)c1OC.